The molecule has 0 aliphatic carbocycles. The van der Waals surface area contributed by atoms with Crippen molar-refractivity contribution in [2.75, 3.05) is 0 Å². The normalized spacial score (nSPS) is 11.3. The van der Waals surface area contributed by atoms with Crippen LogP contribution in [0.2, 0.25) is 0 Å². The molecule has 0 bridgehead atoms. The van der Waals surface area contributed by atoms with E-state index >= 15 is 0 Å². The van der Waals surface area contributed by atoms with Gasteiger partial charge in [-0.05, 0) is 25.0 Å². The minimum atomic E-state index is -0.402. The van der Waals surface area contributed by atoms with Gasteiger partial charge in [-0.3, -0.25) is 4.79 Å². The van der Waals surface area contributed by atoms with Crippen LogP contribution in [0.4, 0.5) is 0 Å². The third kappa shape index (κ3) is 4.77. The van der Waals surface area contributed by atoms with Crippen LogP contribution >= 0.6 is 11.3 Å². The quantitative estimate of drug-likeness (QED) is 0.719. The number of amides is 1. The molecule has 0 fully saturated rings. The van der Waals surface area contributed by atoms with Gasteiger partial charge in [0.05, 0.1) is 22.7 Å². The van der Waals surface area contributed by atoms with Crippen molar-refractivity contribution in [1.82, 2.24) is 10.3 Å². The predicted octanol–water partition coefficient (Wildman–Crippen LogP) is 4.33. The molecule has 25 heavy (non-hydrogen) atoms. The molecule has 0 atom stereocenters. The Bertz CT molecular complexity index is 825. The lowest BCUT2D eigenvalue weighted by Crippen LogP contribution is -2.41. The van der Waals surface area contributed by atoms with Crippen LogP contribution in [0.25, 0.3) is 0 Å². The fourth-order valence-electron chi connectivity index (χ4n) is 2.77. The monoisotopic (exact) mass is 350 g/mol. The average molecular weight is 350 g/mol. The van der Waals surface area contributed by atoms with Gasteiger partial charge in [0, 0.05) is 11.8 Å². The van der Waals surface area contributed by atoms with Crippen LogP contribution in [-0.4, -0.2) is 10.9 Å². The number of carbonyl (C=O) groups excluding carboxylic acids is 1. The summed E-state index contributed by atoms with van der Waals surface area (Å²) in [5, 5.41) is 6.12. The molecule has 1 amide bonds. The maximum absolute atomic E-state index is 12.4. The second-order valence-corrected chi connectivity index (χ2v) is 7.55. The van der Waals surface area contributed by atoms with Crippen LogP contribution in [0.5, 0.6) is 0 Å². The lowest BCUT2D eigenvalue weighted by molar-refractivity contribution is -0.122. The van der Waals surface area contributed by atoms with Gasteiger partial charge >= 0.3 is 0 Å². The Kier molecular flexibility index (Phi) is 5.29. The Morgan fingerprint density at radius 2 is 1.68 bits per heavy atom. The Balaban J connectivity index is 1.60. The largest absolute Gasteiger partial charge is 0.347 e. The molecule has 0 unspecified atom stereocenters. The van der Waals surface area contributed by atoms with Crippen molar-refractivity contribution in [2.45, 2.75) is 32.2 Å². The van der Waals surface area contributed by atoms with Gasteiger partial charge in [0.2, 0.25) is 5.91 Å². The molecule has 0 aliphatic rings. The first-order valence-electron chi connectivity index (χ1n) is 8.37. The van der Waals surface area contributed by atoms with Gasteiger partial charge in [0.25, 0.3) is 0 Å². The highest BCUT2D eigenvalue weighted by Gasteiger charge is 2.22. The molecule has 1 aromatic heterocycles. The lowest BCUT2D eigenvalue weighted by Gasteiger charge is -2.26. The number of benzene rings is 2. The standard InChI is InChI=1S/C21H22N2OS/c1-21(2,17-11-7-4-8-12-17)23-19(24)14-18-15-25-20(22-18)13-16-9-5-3-6-10-16/h3-12,15H,13-14H2,1-2H3,(H,23,24). The van der Waals surface area contributed by atoms with E-state index in [9.17, 15) is 4.79 Å². The molecule has 0 saturated carbocycles. The van der Waals surface area contributed by atoms with E-state index in [2.05, 4.69) is 22.4 Å². The number of hydrogen-bond donors (Lipinski definition) is 1. The molecule has 0 radical (unpaired) electrons. The molecule has 0 saturated heterocycles. The summed E-state index contributed by atoms with van der Waals surface area (Å²) >= 11 is 1.61. The number of nitrogens with one attached hydrogen (secondary N) is 1. The fraction of sp³-hybridized carbons (Fsp3) is 0.238. The molecule has 0 spiro atoms. The second kappa shape index (κ2) is 7.62. The summed E-state index contributed by atoms with van der Waals surface area (Å²) in [5.74, 6) is -0.00888. The Morgan fingerprint density at radius 3 is 2.36 bits per heavy atom. The fourth-order valence-corrected chi connectivity index (χ4v) is 3.59. The molecular formula is C21H22N2OS. The van der Waals surface area contributed by atoms with Crippen LogP contribution in [0, 0.1) is 0 Å². The van der Waals surface area contributed by atoms with Crippen molar-refractivity contribution >= 4 is 17.2 Å². The zero-order chi connectivity index (χ0) is 17.7. The maximum Gasteiger partial charge on any atom is 0.226 e. The number of thiazole rings is 1. The Morgan fingerprint density at radius 1 is 1.04 bits per heavy atom. The highest BCUT2D eigenvalue weighted by molar-refractivity contribution is 7.09. The summed E-state index contributed by atoms with van der Waals surface area (Å²) in [4.78, 5) is 17.0. The van der Waals surface area contributed by atoms with Crippen molar-refractivity contribution in [3.8, 4) is 0 Å². The van der Waals surface area contributed by atoms with E-state index in [-0.39, 0.29) is 5.91 Å². The van der Waals surface area contributed by atoms with Crippen molar-refractivity contribution < 1.29 is 4.79 Å². The number of rotatable bonds is 6. The highest BCUT2D eigenvalue weighted by Crippen LogP contribution is 2.20. The van der Waals surface area contributed by atoms with E-state index in [1.807, 2.05) is 67.8 Å². The van der Waals surface area contributed by atoms with Gasteiger partial charge in [0.15, 0.2) is 0 Å². The molecule has 3 rings (SSSR count). The summed E-state index contributed by atoms with van der Waals surface area (Å²) in [7, 11) is 0. The first-order valence-corrected chi connectivity index (χ1v) is 9.25. The van der Waals surface area contributed by atoms with Crippen molar-refractivity contribution in [3.05, 3.63) is 87.9 Å². The van der Waals surface area contributed by atoms with Crippen molar-refractivity contribution in [2.24, 2.45) is 0 Å². The molecule has 0 aliphatic heterocycles. The minimum absolute atomic E-state index is 0.00888. The zero-order valence-electron chi connectivity index (χ0n) is 14.5. The Hall–Kier alpha value is -2.46. The van der Waals surface area contributed by atoms with Crippen LogP contribution in [0.15, 0.2) is 66.0 Å². The van der Waals surface area contributed by atoms with E-state index in [4.69, 9.17) is 0 Å². The molecular weight excluding hydrogens is 328 g/mol. The first-order chi connectivity index (χ1) is 12.0. The third-order valence-electron chi connectivity index (χ3n) is 4.09. The van der Waals surface area contributed by atoms with Crippen LogP contribution < -0.4 is 5.32 Å². The predicted molar refractivity (Wildman–Crippen MR) is 103 cm³/mol. The molecule has 128 valence electrons. The van der Waals surface area contributed by atoms with Crippen molar-refractivity contribution in [1.29, 1.82) is 0 Å². The average Bonchev–Trinajstić information content (AvgIpc) is 3.03. The van der Waals surface area contributed by atoms with Gasteiger partial charge in [-0.15, -0.1) is 11.3 Å². The van der Waals surface area contributed by atoms with E-state index in [1.165, 1.54) is 5.56 Å². The van der Waals surface area contributed by atoms with Gasteiger partial charge in [-0.1, -0.05) is 60.7 Å². The minimum Gasteiger partial charge on any atom is -0.347 e. The van der Waals surface area contributed by atoms with Crippen molar-refractivity contribution in [3.63, 3.8) is 0 Å². The molecule has 3 aromatic rings. The molecule has 4 heteroatoms. The van der Waals surface area contributed by atoms with Crippen LogP contribution in [0.1, 0.15) is 35.7 Å². The van der Waals surface area contributed by atoms with E-state index in [1.54, 1.807) is 11.3 Å². The summed E-state index contributed by atoms with van der Waals surface area (Å²) in [6.07, 6.45) is 1.12. The maximum atomic E-state index is 12.4. The SMILES string of the molecule is CC(C)(NC(=O)Cc1csc(Cc2ccccc2)n1)c1ccccc1. The number of aromatic nitrogens is 1. The summed E-state index contributed by atoms with van der Waals surface area (Å²) in [5.41, 5.74) is 2.75. The number of nitrogens with zero attached hydrogens (tertiary/aromatic N) is 1. The third-order valence-corrected chi connectivity index (χ3v) is 4.98. The van der Waals surface area contributed by atoms with E-state index in [0.29, 0.717) is 6.42 Å². The second-order valence-electron chi connectivity index (χ2n) is 6.61. The molecule has 3 nitrogen and oxygen atoms in total. The van der Waals surface area contributed by atoms with Gasteiger partial charge < -0.3 is 5.32 Å². The number of carbonyl (C=O) groups is 1. The first kappa shape index (κ1) is 17.4. The molecule has 1 heterocycles. The van der Waals surface area contributed by atoms with Gasteiger partial charge in [-0.25, -0.2) is 4.98 Å². The van der Waals surface area contributed by atoms with Crippen LogP contribution in [-0.2, 0) is 23.2 Å². The number of hydrogen-bond acceptors (Lipinski definition) is 3. The van der Waals surface area contributed by atoms with E-state index in [0.717, 1.165) is 22.7 Å². The molecule has 1 N–H and O–H groups in total. The molecule has 2 aromatic carbocycles. The summed E-state index contributed by atoms with van der Waals surface area (Å²) in [6, 6.07) is 20.3. The van der Waals surface area contributed by atoms with Crippen LogP contribution in [0.3, 0.4) is 0 Å². The highest BCUT2D eigenvalue weighted by atomic mass is 32.1. The van der Waals surface area contributed by atoms with Gasteiger partial charge in [-0.2, -0.15) is 0 Å². The summed E-state index contributed by atoms with van der Waals surface area (Å²) < 4.78 is 0. The van der Waals surface area contributed by atoms with E-state index < -0.39 is 5.54 Å². The summed E-state index contributed by atoms with van der Waals surface area (Å²) in [6.45, 7) is 4.03. The van der Waals surface area contributed by atoms with Gasteiger partial charge in [0.1, 0.15) is 0 Å². The lowest BCUT2D eigenvalue weighted by atomic mass is 9.94. The topological polar surface area (TPSA) is 42.0 Å². The smallest absolute Gasteiger partial charge is 0.226 e. The zero-order valence-corrected chi connectivity index (χ0v) is 15.3. The Labute approximate surface area is 152 Å².